The van der Waals surface area contributed by atoms with Crippen molar-refractivity contribution in [3.05, 3.63) is 11.9 Å². The van der Waals surface area contributed by atoms with Crippen molar-refractivity contribution in [3.8, 4) is 0 Å². The normalized spacial score (nSPS) is 17.7. The second kappa shape index (κ2) is 8.46. The van der Waals surface area contributed by atoms with Gasteiger partial charge < -0.3 is 15.1 Å². The summed E-state index contributed by atoms with van der Waals surface area (Å²) >= 11 is 0. The first-order valence-corrected chi connectivity index (χ1v) is 8.17. The van der Waals surface area contributed by atoms with Gasteiger partial charge in [0.1, 0.15) is 0 Å². The van der Waals surface area contributed by atoms with E-state index in [9.17, 15) is 0 Å². The molecule has 1 aromatic rings. The van der Waals surface area contributed by atoms with Gasteiger partial charge in [-0.3, -0.25) is 4.68 Å². The molecule has 2 rings (SSSR count). The van der Waals surface area contributed by atoms with Gasteiger partial charge in [0.05, 0.1) is 12.2 Å². The summed E-state index contributed by atoms with van der Waals surface area (Å²) < 4.78 is 1.97. The Balaban J connectivity index is 1.67. The smallest absolute Gasteiger partial charge is 0.0964 e. The first kappa shape index (κ1) is 16.4. The van der Waals surface area contributed by atoms with E-state index in [1.54, 1.807) is 0 Å². The van der Waals surface area contributed by atoms with E-state index in [0.717, 1.165) is 44.3 Å². The maximum Gasteiger partial charge on any atom is 0.0964 e. The zero-order valence-electron chi connectivity index (χ0n) is 13.8. The Morgan fingerprint density at radius 2 is 2.05 bits per heavy atom. The van der Waals surface area contributed by atoms with E-state index in [1.165, 1.54) is 25.9 Å². The zero-order valence-corrected chi connectivity index (χ0v) is 13.8. The highest BCUT2D eigenvalue weighted by Crippen LogP contribution is 2.13. The van der Waals surface area contributed by atoms with Crippen LogP contribution in [0.5, 0.6) is 0 Å². The fraction of sp³-hybridized carbons (Fsp3) is 0.867. The molecule has 0 aromatic carbocycles. The Morgan fingerprint density at radius 3 is 2.71 bits per heavy atom. The fourth-order valence-electron chi connectivity index (χ4n) is 2.83. The number of rotatable bonds is 8. The lowest BCUT2D eigenvalue weighted by molar-refractivity contribution is 0.140. The molecule has 1 aliphatic heterocycles. The van der Waals surface area contributed by atoms with Crippen molar-refractivity contribution >= 4 is 0 Å². The van der Waals surface area contributed by atoms with Crippen LogP contribution in [-0.4, -0.2) is 71.1 Å². The van der Waals surface area contributed by atoms with Gasteiger partial charge in [-0.05, 0) is 53.0 Å². The van der Waals surface area contributed by atoms with Crippen LogP contribution < -0.4 is 5.32 Å². The molecular formula is C15H30N6. The van der Waals surface area contributed by atoms with E-state index in [2.05, 4.69) is 52.6 Å². The first-order valence-electron chi connectivity index (χ1n) is 8.17. The third-order valence-electron chi connectivity index (χ3n) is 4.25. The van der Waals surface area contributed by atoms with Crippen molar-refractivity contribution in [1.82, 2.24) is 30.1 Å². The van der Waals surface area contributed by atoms with Crippen LogP contribution in [0.3, 0.4) is 0 Å². The van der Waals surface area contributed by atoms with Crippen molar-refractivity contribution < 1.29 is 0 Å². The molecule has 0 aliphatic carbocycles. The predicted octanol–water partition coefficient (Wildman–Crippen LogP) is 0.804. The van der Waals surface area contributed by atoms with Crippen LogP contribution in [0.15, 0.2) is 6.20 Å². The molecule has 0 spiro atoms. The molecule has 120 valence electrons. The average Bonchev–Trinajstić information content (AvgIpc) is 2.94. The highest BCUT2D eigenvalue weighted by atomic mass is 15.4. The van der Waals surface area contributed by atoms with E-state index in [-0.39, 0.29) is 0 Å². The van der Waals surface area contributed by atoms with Crippen LogP contribution in [0.25, 0.3) is 0 Å². The standard InChI is InChI=1S/C15H30N6/c1-4-7-16-12-14-13-21(18-17-14)11-10-20-8-5-15(6-9-20)19(2)3/h13,15-16H,4-12H2,1-3H3. The van der Waals surface area contributed by atoms with Crippen LogP contribution in [0.2, 0.25) is 0 Å². The minimum atomic E-state index is 0.754. The second-order valence-electron chi connectivity index (χ2n) is 6.19. The summed E-state index contributed by atoms with van der Waals surface area (Å²) in [5.41, 5.74) is 1.04. The average molecular weight is 294 g/mol. The van der Waals surface area contributed by atoms with Crippen molar-refractivity contribution in [1.29, 1.82) is 0 Å². The molecule has 1 N–H and O–H groups in total. The van der Waals surface area contributed by atoms with Gasteiger partial charge >= 0.3 is 0 Å². The van der Waals surface area contributed by atoms with Gasteiger partial charge in [-0.15, -0.1) is 5.10 Å². The number of piperidine rings is 1. The molecule has 0 bridgehead atoms. The van der Waals surface area contributed by atoms with E-state index in [4.69, 9.17) is 0 Å². The van der Waals surface area contributed by atoms with Crippen molar-refractivity contribution in [3.63, 3.8) is 0 Å². The van der Waals surface area contributed by atoms with E-state index < -0.39 is 0 Å². The molecule has 1 aliphatic rings. The van der Waals surface area contributed by atoms with Crippen LogP contribution in [0, 0.1) is 0 Å². The number of nitrogens with zero attached hydrogens (tertiary/aromatic N) is 5. The Morgan fingerprint density at radius 1 is 1.29 bits per heavy atom. The summed E-state index contributed by atoms with van der Waals surface area (Å²) in [4.78, 5) is 4.89. The molecule has 0 unspecified atom stereocenters. The predicted molar refractivity (Wildman–Crippen MR) is 85.2 cm³/mol. The van der Waals surface area contributed by atoms with Gasteiger partial charge in [0.25, 0.3) is 0 Å². The number of nitrogens with one attached hydrogen (secondary N) is 1. The van der Waals surface area contributed by atoms with Crippen molar-refractivity contribution in [2.75, 3.05) is 40.3 Å². The van der Waals surface area contributed by atoms with Crippen LogP contribution in [0.1, 0.15) is 31.9 Å². The maximum absolute atomic E-state index is 4.21. The fourth-order valence-corrected chi connectivity index (χ4v) is 2.83. The Kier molecular flexibility index (Phi) is 6.60. The second-order valence-corrected chi connectivity index (χ2v) is 6.19. The first-order chi connectivity index (χ1) is 10.2. The van der Waals surface area contributed by atoms with Crippen LogP contribution >= 0.6 is 0 Å². The third-order valence-corrected chi connectivity index (χ3v) is 4.25. The lowest BCUT2D eigenvalue weighted by atomic mass is 10.0. The molecule has 21 heavy (non-hydrogen) atoms. The summed E-state index contributed by atoms with van der Waals surface area (Å²) in [6, 6.07) is 0.754. The highest BCUT2D eigenvalue weighted by Gasteiger charge is 2.20. The van der Waals surface area contributed by atoms with E-state index in [1.807, 2.05) is 4.68 Å². The molecular weight excluding hydrogens is 264 g/mol. The van der Waals surface area contributed by atoms with Crippen LogP contribution in [0.4, 0.5) is 0 Å². The molecule has 1 aromatic heterocycles. The van der Waals surface area contributed by atoms with Crippen LogP contribution in [-0.2, 0) is 13.1 Å². The number of likely N-dealkylation sites (tertiary alicyclic amines) is 1. The Bertz CT molecular complexity index is 395. The molecule has 0 saturated carbocycles. The number of hydrogen-bond acceptors (Lipinski definition) is 5. The zero-order chi connectivity index (χ0) is 15.1. The SMILES string of the molecule is CCCNCc1cn(CCN2CCC(N(C)C)CC2)nn1. The summed E-state index contributed by atoms with van der Waals surface area (Å²) in [7, 11) is 4.37. The quantitative estimate of drug-likeness (QED) is 0.719. The number of aromatic nitrogens is 3. The topological polar surface area (TPSA) is 49.2 Å². The summed E-state index contributed by atoms with van der Waals surface area (Å²) in [5, 5.41) is 11.8. The van der Waals surface area contributed by atoms with Crippen molar-refractivity contribution in [2.24, 2.45) is 0 Å². The highest BCUT2D eigenvalue weighted by molar-refractivity contribution is 4.91. The summed E-state index contributed by atoms with van der Waals surface area (Å²) in [6.45, 7) is 8.43. The lowest BCUT2D eigenvalue weighted by Gasteiger charge is -2.35. The summed E-state index contributed by atoms with van der Waals surface area (Å²) in [5.74, 6) is 0. The van der Waals surface area contributed by atoms with Gasteiger partial charge in [-0.2, -0.15) is 0 Å². The van der Waals surface area contributed by atoms with Gasteiger partial charge in [-0.1, -0.05) is 12.1 Å². The molecule has 6 heteroatoms. The monoisotopic (exact) mass is 294 g/mol. The Hall–Kier alpha value is -0.980. The third kappa shape index (κ3) is 5.37. The molecule has 0 atom stereocenters. The van der Waals surface area contributed by atoms with Gasteiger partial charge in [0.15, 0.2) is 0 Å². The molecule has 1 saturated heterocycles. The molecule has 0 amide bonds. The molecule has 2 heterocycles. The molecule has 6 nitrogen and oxygen atoms in total. The lowest BCUT2D eigenvalue weighted by Crippen LogP contribution is -2.42. The molecule has 1 fully saturated rings. The van der Waals surface area contributed by atoms with Crippen molar-refractivity contribution in [2.45, 2.75) is 45.3 Å². The maximum atomic E-state index is 4.21. The van der Waals surface area contributed by atoms with Gasteiger partial charge in [-0.25, -0.2) is 0 Å². The number of hydrogen-bond donors (Lipinski definition) is 1. The van der Waals surface area contributed by atoms with Gasteiger partial charge in [0, 0.05) is 25.3 Å². The van der Waals surface area contributed by atoms with E-state index in [0.29, 0.717) is 0 Å². The Labute approximate surface area is 128 Å². The largest absolute Gasteiger partial charge is 0.311 e. The minimum Gasteiger partial charge on any atom is -0.311 e. The molecule has 0 radical (unpaired) electrons. The van der Waals surface area contributed by atoms with Gasteiger partial charge in [0.2, 0.25) is 0 Å². The minimum absolute atomic E-state index is 0.754. The van der Waals surface area contributed by atoms with E-state index >= 15 is 0 Å². The summed E-state index contributed by atoms with van der Waals surface area (Å²) in [6.07, 6.45) is 5.76.